The molecule has 2 rings (SSSR count). The predicted molar refractivity (Wildman–Crippen MR) is 101 cm³/mol. The van der Waals surface area contributed by atoms with Gasteiger partial charge in [0, 0.05) is 0 Å². The SMILES string of the molecule is C[Si](C)(C)/C(=C\c1ccccc1)[Si](C)(C)c1ccccc1. The van der Waals surface area contributed by atoms with E-state index in [1.807, 2.05) is 0 Å². The minimum absolute atomic E-state index is 1.34. The Bertz CT molecular complexity index is 605. The number of benzene rings is 2. The second kappa shape index (κ2) is 6.16. The van der Waals surface area contributed by atoms with E-state index in [9.17, 15) is 0 Å². The number of hydrogen-bond donors (Lipinski definition) is 0. The maximum absolute atomic E-state index is 2.50. The molecule has 0 aliphatic rings. The van der Waals surface area contributed by atoms with Crippen molar-refractivity contribution in [2.75, 3.05) is 0 Å². The molecule has 0 radical (unpaired) electrons. The van der Waals surface area contributed by atoms with Crippen molar-refractivity contribution in [2.24, 2.45) is 0 Å². The van der Waals surface area contributed by atoms with Crippen LogP contribution in [0.25, 0.3) is 6.08 Å². The van der Waals surface area contributed by atoms with Crippen LogP contribution in [0.15, 0.2) is 65.5 Å². The highest BCUT2D eigenvalue weighted by Gasteiger charge is 2.35. The highest BCUT2D eigenvalue weighted by Crippen LogP contribution is 2.27. The Kier molecular flexibility index (Phi) is 4.69. The first-order valence-corrected chi connectivity index (χ1v) is 14.1. The zero-order chi connectivity index (χ0) is 15.5. The first-order valence-electron chi connectivity index (χ1n) is 7.65. The van der Waals surface area contributed by atoms with E-state index >= 15 is 0 Å². The van der Waals surface area contributed by atoms with Crippen molar-refractivity contribution < 1.29 is 0 Å². The molecule has 0 N–H and O–H groups in total. The zero-order valence-corrected chi connectivity index (χ0v) is 15.9. The summed E-state index contributed by atoms with van der Waals surface area (Å²) in [5, 5.41) is 1.54. The van der Waals surface area contributed by atoms with Crippen molar-refractivity contribution in [3.05, 3.63) is 71.0 Å². The highest BCUT2D eigenvalue weighted by molar-refractivity contribution is 7.11. The third kappa shape index (κ3) is 3.83. The van der Waals surface area contributed by atoms with Crippen LogP contribution in [-0.2, 0) is 0 Å². The Morgan fingerprint density at radius 3 is 1.67 bits per heavy atom. The Morgan fingerprint density at radius 1 is 0.714 bits per heavy atom. The molecule has 0 bridgehead atoms. The lowest BCUT2D eigenvalue weighted by molar-refractivity contribution is 1.62. The smallest absolute Gasteiger partial charge is 0.0859 e. The maximum atomic E-state index is 2.50. The van der Waals surface area contributed by atoms with Crippen molar-refractivity contribution >= 4 is 27.4 Å². The molecular weight excluding hydrogens is 284 g/mol. The molecular formula is C19H26Si2. The van der Waals surface area contributed by atoms with Crippen LogP contribution >= 0.6 is 0 Å². The van der Waals surface area contributed by atoms with Gasteiger partial charge in [0.05, 0.1) is 8.07 Å². The summed E-state index contributed by atoms with van der Waals surface area (Å²) in [6.45, 7) is 12.4. The third-order valence-electron chi connectivity index (χ3n) is 4.09. The summed E-state index contributed by atoms with van der Waals surface area (Å²) in [7, 11) is -2.97. The van der Waals surface area contributed by atoms with Crippen molar-refractivity contribution in [2.45, 2.75) is 32.7 Å². The molecule has 0 heterocycles. The van der Waals surface area contributed by atoms with Gasteiger partial charge in [0.15, 0.2) is 0 Å². The van der Waals surface area contributed by atoms with E-state index < -0.39 is 16.1 Å². The Hall–Kier alpha value is -1.39. The Balaban J connectivity index is 2.54. The van der Waals surface area contributed by atoms with Crippen molar-refractivity contribution in [3.63, 3.8) is 0 Å². The summed E-state index contributed by atoms with van der Waals surface area (Å²) in [6.07, 6.45) is 2.48. The predicted octanol–water partition coefficient (Wildman–Crippen LogP) is 5.10. The molecule has 2 heteroatoms. The van der Waals surface area contributed by atoms with E-state index in [1.165, 1.54) is 10.8 Å². The second-order valence-electron chi connectivity index (χ2n) is 7.21. The van der Waals surface area contributed by atoms with Crippen LogP contribution in [0, 0.1) is 0 Å². The minimum atomic E-state index is -1.60. The van der Waals surface area contributed by atoms with Crippen molar-refractivity contribution in [3.8, 4) is 0 Å². The summed E-state index contributed by atoms with van der Waals surface area (Å²) in [5.74, 6) is 0. The molecule has 0 amide bonds. The van der Waals surface area contributed by atoms with E-state index in [1.54, 1.807) is 4.82 Å². The minimum Gasteiger partial charge on any atom is -0.0859 e. The summed E-state index contributed by atoms with van der Waals surface area (Å²) in [4.78, 5) is 1.73. The van der Waals surface area contributed by atoms with Crippen molar-refractivity contribution in [1.82, 2.24) is 0 Å². The van der Waals surface area contributed by atoms with Crippen molar-refractivity contribution in [1.29, 1.82) is 0 Å². The van der Waals surface area contributed by atoms with Gasteiger partial charge < -0.3 is 0 Å². The highest BCUT2D eigenvalue weighted by atomic mass is 28.4. The Morgan fingerprint density at radius 2 is 1.19 bits per heavy atom. The van der Waals surface area contributed by atoms with Gasteiger partial charge in [0.25, 0.3) is 0 Å². The lowest BCUT2D eigenvalue weighted by Gasteiger charge is -2.35. The first kappa shape index (κ1) is 16.0. The number of hydrogen-bond acceptors (Lipinski definition) is 0. The molecule has 0 saturated heterocycles. The molecule has 0 fully saturated rings. The lowest BCUT2D eigenvalue weighted by atomic mass is 10.2. The van der Waals surface area contributed by atoms with Gasteiger partial charge in [0.2, 0.25) is 0 Å². The zero-order valence-electron chi connectivity index (χ0n) is 13.9. The summed E-state index contributed by atoms with van der Waals surface area (Å²) >= 11 is 0. The van der Waals surface area contributed by atoms with E-state index in [0.29, 0.717) is 0 Å². The fourth-order valence-electron chi connectivity index (χ4n) is 3.06. The average molecular weight is 311 g/mol. The average Bonchev–Trinajstić information content (AvgIpc) is 2.45. The maximum Gasteiger partial charge on any atom is 0.103 e. The normalized spacial score (nSPS) is 13.3. The molecule has 2 aromatic rings. The van der Waals surface area contributed by atoms with Crippen LogP contribution < -0.4 is 5.19 Å². The molecule has 0 aliphatic carbocycles. The molecule has 0 unspecified atom stereocenters. The van der Waals surface area contributed by atoms with E-state index in [4.69, 9.17) is 0 Å². The molecule has 0 aromatic heterocycles. The van der Waals surface area contributed by atoms with Gasteiger partial charge in [-0.15, -0.1) is 0 Å². The van der Waals surface area contributed by atoms with Gasteiger partial charge in [-0.05, 0) is 5.56 Å². The summed E-state index contributed by atoms with van der Waals surface area (Å²) in [6, 6.07) is 21.9. The number of rotatable bonds is 4. The monoisotopic (exact) mass is 310 g/mol. The Labute approximate surface area is 131 Å². The summed E-state index contributed by atoms with van der Waals surface area (Å²) in [5.41, 5.74) is 1.34. The molecule has 0 atom stereocenters. The molecule has 21 heavy (non-hydrogen) atoms. The van der Waals surface area contributed by atoms with Gasteiger partial charge >= 0.3 is 0 Å². The fourth-order valence-corrected chi connectivity index (χ4v) is 13.5. The molecule has 0 saturated carbocycles. The lowest BCUT2D eigenvalue weighted by Crippen LogP contribution is -2.51. The first-order chi connectivity index (χ1) is 9.82. The van der Waals surface area contributed by atoms with Crippen LogP contribution in [0.4, 0.5) is 0 Å². The molecule has 0 spiro atoms. The van der Waals surface area contributed by atoms with Gasteiger partial charge in [-0.3, -0.25) is 0 Å². The molecule has 110 valence electrons. The summed E-state index contributed by atoms with van der Waals surface area (Å²) < 4.78 is 0. The van der Waals surface area contributed by atoms with Gasteiger partial charge in [0.1, 0.15) is 8.07 Å². The van der Waals surface area contributed by atoms with Crippen LogP contribution in [-0.4, -0.2) is 16.1 Å². The van der Waals surface area contributed by atoms with Gasteiger partial charge in [-0.25, -0.2) is 0 Å². The van der Waals surface area contributed by atoms with Gasteiger partial charge in [-0.2, -0.15) is 0 Å². The molecule has 0 nitrogen and oxygen atoms in total. The third-order valence-corrected chi connectivity index (χ3v) is 13.2. The second-order valence-corrected chi connectivity index (χ2v) is 17.1. The molecule has 0 aliphatic heterocycles. The van der Waals surface area contributed by atoms with Crippen LogP contribution in [0.2, 0.25) is 32.7 Å². The molecule has 2 aromatic carbocycles. The van der Waals surface area contributed by atoms with Crippen LogP contribution in [0.3, 0.4) is 0 Å². The van der Waals surface area contributed by atoms with Crippen LogP contribution in [0.5, 0.6) is 0 Å². The fraction of sp³-hybridized carbons (Fsp3) is 0.263. The van der Waals surface area contributed by atoms with E-state index in [0.717, 1.165) is 0 Å². The van der Waals surface area contributed by atoms with E-state index in [2.05, 4.69) is 99.5 Å². The van der Waals surface area contributed by atoms with Gasteiger partial charge in [-0.1, -0.05) is 109 Å². The van der Waals surface area contributed by atoms with E-state index in [-0.39, 0.29) is 0 Å². The van der Waals surface area contributed by atoms with Crippen LogP contribution in [0.1, 0.15) is 5.56 Å². The topological polar surface area (TPSA) is 0 Å². The quantitative estimate of drug-likeness (QED) is 0.689. The largest absolute Gasteiger partial charge is 0.103 e. The standard InChI is InChI=1S/C19H26Si2/c1-20(2,3)19(16-17-12-8-6-9-13-17)21(4,5)18-14-10-7-11-15-18/h6-16H,1-5H3/b19-16+.